The second-order valence-corrected chi connectivity index (χ2v) is 5.72. The standard InChI is InChI=1S/C18H22N2O5/c1-13-11-15(14(2)19(13)9-6-10-24-3)17(21)12-25-18-8-5-4-7-16(18)20(22)23/h4-5,7-8,11H,6,9-10,12H2,1-3H3. The van der Waals surface area contributed by atoms with Gasteiger partial charge < -0.3 is 14.0 Å². The fraction of sp³-hybridized carbons (Fsp3) is 0.389. The minimum atomic E-state index is -0.526. The lowest BCUT2D eigenvalue weighted by molar-refractivity contribution is -0.385. The van der Waals surface area contributed by atoms with Crippen molar-refractivity contribution in [1.82, 2.24) is 4.57 Å². The molecule has 0 aliphatic heterocycles. The summed E-state index contributed by atoms with van der Waals surface area (Å²) in [7, 11) is 1.66. The van der Waals surface area contributed by atoms with Crippen molar-refractivity contribution >= 4 is 11.5 Å². The maximum absolute atomic E-state index is 12.5. The van der Waals surface area contributed by atoms with Crippen LogP contribution in [-0.4, -0.2) is 35.6 Å². The topological polar surface area (TPSA) is 83.6 Å². The van der Waals surface area contributed by atoms with Gasteiger partial charge in [-0.3, -0.25) is 14.9 Å². The molecule has 0 unspecified atom stereocenters. The molecule has 0 saturated carbocycles. The molecule has 0 bridgehead atoms. The van der Waals surface area contributed by atoms with Crippen molar-refractivity contribution in [3.63, 3.8) is 0 Å². The van der Waals surface area contributed by atoms with Crippen LogP contribution in [0.2, 0.25) is 0 Å². The molecule has 1 aromatic carbocycles. The zero-order valence-corrected chi connectivity index (χ0v) is 14.7. The van der Waals surface area contributed by atoms with Gasteiger partial charge in [-0.1, -0.05) is 12.1 Å². The number of para-hydroxylation sites is 2. The lowest BCUT2D eigenvalue weighted by Gasteiger charge is -2.09. The van der Waals surface area contributed by atoms with E-state index in [1.165, 1.54) is 12.1 Å². The third kappa shape index (κ3) is 4.45. The molecule has 2 aromatic rings. The van der Waals surface area contributed by atoms with Gasteiger partial charge in [0.1, 0.15) is 0 Å². The summed E-state index contributed by atoms with van der Waals surface area (Å²) >= 11 is 0. The number of nitro groups is 1. The molecule has 7 nitrogen and oxygen atoms in total. The number of ether oxygens (including phenoxy) is 2. The highest BCUT2D eigenvalue weighted by Crippen LogP contribution is 2.26. The summed E-state index contributed by atoms with van der Waals surface area (Å²) in [6.07, 6.45) is 0.854. The molecule has 0 aliphatic carbocycles. The lowest BCUT2D eigenvalue weighted by Crippen LogP contribution is -2.14. The van der Waals surface area contributed by atoms with Crippen molar-refractivity contribution in [1.29, 1.82) is 0 Å². The van der Waals surface area contributed by atoms with E-state index in [0.717, 1.165) is 24.4 Å². The second-order valence-electron chi connectivity index (χ2n) is 5.72. The molecule has 0 fully saturated rings. The minimum Gasteiger partial charge on any atom is -0.478 e. The number of benzene rings is 1. The third-order valence-corrected chi connectivity index (χ3v) is 4.02. The Kier molecular flexibility index (Phi) is 6.30. The first-order valence-corrected chi connectivity index (χ1v) is 8.00. The molecule has 0 saturated heterocycles. The number of rotatable bonds is 9. The van der Waals surface area contributed by atoms with Crippen LogP contribution in [0.3, 0.4) is 0 Å². The highest BCUT2D eigenvalue weighted by molar-refractivity contribution is 5.98. The molecule has 1 heterocycles. The Morgan fingerprint density at radius 2 is 2.00 bits per heavy atom. The van der Waals surface area contributed by atoms with Crippen LogP contribution in [0.5, 0.6) is 5.75 Å². The zero-order chi connectivity index (χ0) is 18.4. The number of carbonyl (C=O) groups excluding carboxylic acids is 1. The van der Waals surface area contributed by atoms with Gasteiger partial charge in [-0.15, -0.1) is 0 Å². The Labute approximate surface area is 146 Å². The monoisotopic (exact) mass is 346 g/mol. The molecular weight excluding hydrogens is 324 g/mol. The highest BCUT2D eigenvalue weighted by Gasteiger charge is 2.19. The fourth-order valence-electron chi connectivity index (χ4n) is 2.75. The van der Waals surface area contributed by atoms with E-state index in [2.05, 4.69) is 4.57 Å². The second kappa shape index (κ2) is 8.43. The van der Waals surface area contributed by atoms with Crippen molar-refractivity contribution in [2.45, 2.75) is 26.8 Å². The Morgan fingerprint density at radius 3 is 2.68 bits per heavy atom. The van der Waals surface area contributed by atoms with Crippen LogP contribution >= 0.6 is 0 Å². The predicted molar refractivity (Wildman–Crippen MR) is 93.3 cm³/mol. The van der Waals surface area contributed by atoms with Crippen LogP contribution in [-0.2, 0) is 11.3 Å². The van der Waals surface area contributed by atoms with Gasteiger partial charge in [0.25, 0.3) is 0 Å². The van der Waals surface area contributed by atoms with Gasteiger partial charge >= 0.3 is 5.69 Å². The number of Topliss-reactive ketones (excluding diaryl/α,β-unsaturated/α-hetero) is 1. The van der Waals surface area contributed by atoms with Gasteiger partial charge in [-0.2, -0.15) is 0 Å². The van der Waals surface area contributed by atoms with Crippen LogP contribution in [0, 0.1) is 24.0 Å². The van der Waals surface area contributed by atoms with Crippen molar-refractivity contribution in [2.75, 3.05) is 20.3 Å². The van der Waals surface area contributed by atoms with E-state index < -0.39 is 4.92 Å². The van der Waals surface area contributed by atoms with Gasteiger partial charge in [0.05, 0.1) is 4.92 Å². The van der Waals surface area contributed by atoms with Crippen molar-refractivity contribution in [3.05, 3.63) is 57.4 Å². The molecular formula is C18H22N2O5. The van der Waals surface area contributed by atoms with Crippen LogP contribution in [0.4, 0.5) is 5.69 Å². The molecule has 0 aliphatic rings. The van der Waals surface area contributed by atoms with E-state index in [1.54, 1.807) is 19.2 Å². The zero-order valence-electron chi connectivity index (χ0n) is 14.7. The van der Waals surface area contributed by atoms with Gasteiger partial charge in [0.15, 0.2) is 12.4 Å². The quantitative estimate of drug-likeness (QED) is 0.301. The number of hydrogen-bond acceptors (Lipinski definition) is 5. The Morgan fingerprint density at radius 1 is 1.28 bits per heavy atom. The molecule has 25 heavy (non-hydrogen) atoms. The van der Waals surface area contributed by atoms with E-state index in [9.17, 15) is 14.9 Å². The molecule has 0 spiro atoms. The van der Waals surface area contributed by atoms with Gasteiger partial charge in [-0.25, -0.2) is 0 Å². The summed E-state index contributed by atoms with van der Waals surface area (Å²) in [5.41, 5.74) is 2.28. The number of hydrogen-bond donors (Lipinski definition) is 0. The van der Waals surface area contributed by atoms with Gasteiger partial charge in [0, 0.05) is 43.3 Å². The fourth-order valence-corrected chi connectivity index (χ4v) is 2.75. The van der Waals surface area contributed by atoms with Crippen LogP contribution in [0.25, 0.3) is 0 Å². The Hall–Kier alpha value is -2.67. The molecule has 2 rings (SSSR count). The first-order chi connectivity index (χ1) is 12.0. The highest BCUT2D eigenvalue weighted by atomic mass is 16.6. The van der Waals surface area contributed by atoms with Crippen LogP contribution < -0.4 is 4.74 Å². The molecule has 0 atom stereocenters. The van der Waals surface area contributed by atoms with Gasteiger partial charge in [0.2, 0.25) is 5.78 Å². The minimum absolute atomic E-state index is 0.0924. The number of nitrogens with zero attached hydrogens (tertiary/aromatic N) is 2. The largest absolute Gasteiger partial charge is 0.478 e. The average molecular weight is 346 g/mol. The first kappa shape index (κ1) is 18.7. The number of methoxy groups -OCH3 is 1. The number of nitro benzene ring substituents is 1. The molecule has 134 valence electrons. The Balaban J connectivity index is 2.09. The van der Waals surface area contributed by atoms with Crippen molar-refractivity contribution < 1.29 is 19.2 Å². The summed E-state index contributed by atoms with van der Waals surface area (Å²) < 4.78 is 12.5. The lowest BCUT2D eigenvalue weighted by atomic mass is 10.1. The number of ketones is 1. The van der Waals surface area contributed by atoms with E-state index in [4.69, 9.17) is 9.47 Å². The molecule has 7 heteroatoms. The molecule has 0 radical (unpaired) electrons. The summed E-state index contributed by atoms with van der Waals surface area (Å²) in [6, 6.07) is 7.85. The van der Waals surface area contributed by atoms with Crippen molar-refractivity contribution in [3.8, 4) is 5.75 Å². The molecule has 0 amide bonds. The first-order valence-electron chi connectivity index (χ1n) is 8.00. The van der Waals surface area contributed by atoms with Crippen molar-refractivity contribution in [2.24, 2.45) is 0 Å². The maximum Gasteiger partial charge on any atom is 0.310 e. The summed E-state index contributed by atoms with van der Waals surface area (Å²) in [5, 5.41) is 11.0. The normalized spacial score (nSPS) is 10.7. The smallest absolute Gasteiger partial charge is 0.310 e. The third-order valence-electron chi connectivity index (χ3n) is 4.02. The average Bonchev–Trinajstić information content (AvgIpc) is 2.88. The summed E-state index contributed by atoms with van der Waals surface area (Å²) in [5.74, 6) is -0.112. The predicted octanol–water partition coefficient (Wildman–Crippen LogP) is 3.31. The number of aromatic nitrogens is 1. The number of carbonyl (C=O) groups is 1. The molecule has 0 N–H and O–H groups in total. The van der Waals surface area contributed by atoms with E-state index in [0.29, 0.717) is 12.2 Å². The van der Waals surface area contributed by atoms with E-state index in [-0.39, 0.29) is 23.8 Å². The van der Waals surface area contributed by atoms with Crippen LogP contribution in [0.1, 0.15) is 28.2 Å². The summed E-state index contributed by atoms with van der Waals surface area (Å²) in [4.78, 5) is 22.9. The van der Waals surface area contributed by atoms with E-state index >= 15 is 0 Å². The summed E-state index contributed by atoms with van der Waals surface area (Å²) in [6.45, 7) is 5.01. The SMILES string of the molecule is COCCCn1c(C)cc(C(=O)COc2ccccc2[N+](=O)[O-])c1C. The Bertz CT molecular complexity index is 767. The van der Waals surface area contributed by atoms with E-state index in [1.807, 2.05) is 19.9 Å². The number of aryl methyl sites for hydroxylation is 1. The molecule has 1 aromatic heterocycles. The maximum atomic E-state index is 12.5. The van der Waals surface area contributed by atoms with Gasteiger partial charge in [-0.05, 0) is 32.4 Å². The van der Waals surface area contributed by atoms with Crippen LogP contribution in [0.15, 0.2) is 30.3 Å².